The van der Waals surface area contributed by atoms with E-state index in [1.54, 1.807) is 0 Å². The summed E-state index contributed by atoms with van der Waals surface area (Å²) >= 11 is 0. The summed E-state index contributed by atoms with van der Waals surface area (Å²) in [7, 11) is 0. The maximum absolute atomic E-state index is 12.3. The van der Waals surface area contributed by atoms with Gasteiger partial charge in [0, 0.05) is 43.5 Å². The molecule has 1 atom stereocenters. The number of piperazine rings is 1. The van der Waals surface area contributed by atoms with E-state index in [-0.39, 0.29) is 24.3 Å². The number of rotatable bonds is 8. The van der Waals surface area contributed by atoms with E-state index in [0.717, 1.165) is 44.0 Å². The molecule has 1 unspecified atom stereocenters. The predicted octanol–water partition coefficient (Wildman–Crippen LogP) is 4.52. The van der Waals surface area contributed by atoms with Gasteiger partial charge in [0.25, 0.3) is 5.91 Å². The van der Waals surface area contributed by atoms with Gasteiger partial charge in [0.2, 0.25) is 5.91 Å². The molecule has 6 nitrogen and oxygen atoms in total. The zero-order valence-electron chi connectivity index (χ0n) is 19.6. The Kier molecular flexibility index (Phi) is 8.14. The van der Waals surface area contributed by atoms with Gasteiger partial charge in [0.15, 0.2) is 6.61 Å². The molecule has 32 heavy (non-hydrogen) atoms. The summed E-state index contributed by atoms with van der Waals surface area (Å²) in [4.78, 5) is 28.6. The highest BCUT2D eigenvalue weighted by molar-refractivity contribution is 5.92. The Hall–Kier alpha value is -3.02. The molecule has 1 aliphatic heterocycles. The van der Waals surface area contributed by atoms with Crippen molar-refractivity contribution in [3.63, 3.8) is 0 Å². The van der Waals surface area contributed by atoms with Crippen molar-refractivity contribution in [3.8, 4) is 5.75 Å². The summed E-state index contributed by atoms with van der Waals surface area (Å²) in [6, 6.07) is 15.8. The van der Waals surface area contributed by atoms with Crippen LogP contribution in [0, 0.1) is 5.92 Å². The molecule has 2 aromatic rings. The number of anilines is 2. The fourth-order valence-electron chi connectivity index (χ4n) is 3.78. The summed E-state index contributed by atoms with van der Waals surface area (Å²) in [5.74, 6) is 1.28. The van der Waals surface area contributed by atoms with Gasteiger partial charge >= 0.3 is 0 Å². The number of carbonyl (C=O) groups excluding carboxylic acids is 2. The summed E-state index contributed by atoms with van der Waals surface area (Å²) in [6.07, 6.45) is 1.09. The number of nitrogens with zero attached hydrogens (tertiary/aromatic N) is 2. The average molecular weight is 438 g/mol. The van der Waals surface area contributed by atoms with Gasteiger partial charge in [0.1, 0.15) is 5.75 Å². The first kappa shape index (κ1) is 23.6. The van der Waals surface area contributed by atoms with Gasteiger partial charge in [-0.1, -0.05) is 39.8 Å². The minimum Gasteiger partial charge on any atom is -0.484 e. The molecule has 172 valence electrons. The third-order valence-electron chi connectivity index (χ3n) is 6.03. The van der Waals surface area contributed by atoms with Crippen molar-refractivity contribution in [2.24, 2.45) is 5.92 Å². The van der Waals surface area contributed by atoms with Gasteiger partial charge in [-0.25, -0.2) is 0 Å². The zero-order chi connectivity index (χ0) is 23.1. The summed E-state index contributed by atoms with van der Waals surface area (Å²) in [6.45, 7) is 11.3. The second-order valence-electron chi connectivity index (χ2n) is 8.73. The van der Waals surface area contributed by atoms with E-state index >= 15 is 0 Å². The second-order valence-corrected chi connectivity index (χ2v) is 8.73. The first-order valence-electron chi connectivity index (χ1n) is 11.5. The smallest absolute Gasteiger partial charge is 0.262 e. The van der Waals surface area contributed by atoms with Crippen molar-refractivity contribution in [2.75, 3.05) is 43.0 Å². The Bertz CT molecular complexity index is 886. The largest absolute Gasteiger partial charge is 0.484 e. The van der Waals surface area contributed by atoms with Crippen molar-refractivity contribution in [3.05, 3.63) is 54.1 Å². The Morgan fingerprint density at radius 3 is 2.12 bits per heavy atom. The summed E-state index contributed by atoms with van der Waals surface area (Å²) in [5.41, 5.74) is 3.11. The van der Waals surface area contributed by atoms with Crippen LogP contribution in [0.4, 0.5) is 11.4 Å². The van der Waals surface area contributed by atoms with Crippen LogP contribution in [0.2, 0.25) is 0 Å². The number of benzene rings is 2. The van der Waals surface area contributed by atoms with Crippen molar-refractivity contribution in [2.45, 2.75) is 40.0 Å². The van der Waals surface area contributed by atoms with Crippen LogP contribution in [0.3, 0.4) is 0 Å². The van der Waals surface area contributed by atoms with Gasteiger partial charge in [-0.05, 0) is 54.3 Å². The molecular formula is C26H35N3O3. The molecule has 0 bridgehead atoms. The first-order chi connectivity index (χ1) is 15.4. The van der Waals surface area contributed by atoms with Crippen molar-refractivity contribution in [1.82, 2.24) is 4.90 Å². The molecule has 1 N–H and O–H groups in total. The van der Waals surface area contributed by atoms with Crippen LogP contribution >= 0.6 is 0 Å². The van der Waals surface area contributed by atoms with Gasteiger partial charge in [-0.15, -0.1) is 0 Å². The monoisotopic (exact) mass is 437 g/mol. The van der Waals surface area contributed by atoms with Gasteiger partial charge < -0.3 is 19.9 Å². The Morgan fingerprint density at radius 1 is 0.938 bits per heavy atom. The van der Waals surface area contributed by atoms with E-state index in [1.807, 2.05) is 55.1 Å². The number of amides is 2. The van der Waals surface area contributed by atoms with Gasteiger partial charge in [0.05, 0.1) is 0 Å². The molecule has 6 heteroatoms. The lowest BCUT2D eigenvalue weighted by atomic mass is 9.99. The quantitative estimate of drug-likeness (QED) is 0.659. The lowest BCUT2D eigenvalue weighted by molar-refractivity contribution is -0.134. The van der Waals surface area contributed by atoms with E-state index in [0.29, 0.717) is 11.7 Å². The number of ether oxygens (including phenoxy) is 1. The molecule has 1 heterocycles. The fourth-order valence-corrected chi connectivity index (χ4v) is 3.78. The molecule has 0 aromatic heterocycles. The van der Waals surface area contributed by atoms with E-state index in [2.05, 4.69) is 36.2 Å². The third kappa shape index (κ3) is 6.25. The topological polar surface area (TPSA) is 61.9 Å². The van der Waals surface area contributed by atoms with Crippen LogP contribution in [-0.4, -0.2) is 49.5 Å². The number of carbonyl (C=O) groups is 2. The molecule has 0 saturated carbocycles. The molecular weight excluding hydrogens is 402 g/mol. The van der Waals surface area contributed by atoms with Crippen LogP contribution in [0.1, 0.15) is 45.6 Å². The third-order valence-corrected chi connectivity index (χ3v) is 6.03. The first-order valence-corrected chi connectivity index (χ1v) is 11.5. The second kappa shape index (κ2) is 11.0. The molecule has 2 amide bonds. The maximum Gasteiger partial charge on any atom is 0.262 e. The highest BCUT2D eigenvalue weighted by Gasteiger charge is 2.22. The molecule has 1 aliphatic rings. The minimum absolute atomic E-state index is 0.0315. The molecule has 3 rings (SSSR count). The minimum atomic E-state index is -0.190. The van der Waals surface area contributed by atoms with E-state index < -0.39 is 0 Å². The van der Waals surface area contributed by atoms with Crippen LogP contribution in [0.5, 0.6) is 5.75 Å². The Labute approximate surface area is 191 Å². The number of hydrogen-bond donors (Lipinski definition) is 1. The molecule has 0 radical (unpaired) electrons. The van der Waals surface area contributed by atoms with Crippen molar-refractivity contribution in [1.29, 1.82) is 0 Å². The number of nitrogens with one attached hydrogen (secondary N) is 1. The molecule has 0 aliphatic carbocycles. The fraction of sp³-hybridized carbons (Fsp3) is 0.462. The summed E-state index contributed by atoms with van der Waals surface area (Å²) < 4.78 is 5.62. The molecule has 2 aromatic carbocycles. The van der Waals surface area contributed by atoms with Gasteiger partial charge in [-0.2, -0.15) is 0 Å². The zero-order valence-corrected chi connectivity index (χ0v) is 19.6. The summed E-state index contributed by atoms with van der Waals surface area (Å²) in [5, 5.41) is 2.88. The average Bonchev–Trinajstić information content (AvgIpc) is 2.82. The molecule has 1 fully saturated rings. The normalized spacial score (nSPS) is 14.9. The highest BCUT2D eigenvalue weighted by atomic mass is 16.5. The van der Waals surface area contributed by atoms with Crippen LogP contribution in [0.15, 0.2) is 48.5 Å². The molecule has 1 saturated heterocycles. The Morgan fingerprint density at radius 2 is 1.56 bits per heavy atom. The maximum atomic E-state index is 12.3. The lowest BCUT2D eigenvalue weighted by Crippen LogP contribution is -2.49. The molecule has 0 spiro atoms. The van der Waals surface area contributed by atoms with Crippen LogP contribution < -0.4 is 15.0 Å². The van der Waals surface area contributed by atoms with E-state index in [4.69, 9.17) is 4.74 Å². The van der Waals surface area contributed by atoms with E-state index in [1.165, 1.54) is 5.56 Å². The van der Waals surface area contributed by atoms with Crippen LogP contribution in [-0.2, 0) is 9.59 Å². The number of hydrogen-bond acceptors (Lipinski definition) is 4. The SMILES string of the molecule is CCC(C)c1ccc(OCC(=O)Nc2ccc(N3CCN(C(=O)C(C)C)CC3)cc2)cc1. The Balaban J connectivity index is 1.45. The van der Waals surface area contributed by atoms with Gasteiger partial charge in [-0.3, -0.25) is 9.59 Å². The lowest BCUT2D eigenvalue weighted by Gasteiger charge is -2.37. The highest BCUT2D eigenvalue weighted by Crippen LogP contribution is 2.22. The standard InChI is InChI=1S/C26H35N3O3/c1-5-20(4)21-6-12-24(13-7-21)32-18-25(30)27-22-8-10-23(11-9-22)28-14-16-29(17-15-28)26(31)19(2)3/h6-13,19-20H,5,14-18H2,1-4H3,(H,27,30). The van der Waals surface area contributed by atoms with Crippen molar-refractivity contribution < 1.29 is 14.3 Å². The van der Waals surface area contributed by atoms with Crippen molar-refractivity contribution >= 4 is 23.2 Å². The van der Waals surface area contributed by atoms with Crippen LogP contribution in [0.25, 0.3) is 0 Å². The predicted molar refractivity (Wildman–Crippen MR) is 129 cm³/mol. The van der Waals surface area contributed by atoms with E-state index in [9.17, 15) is 9.59 Å².